The molecule has 0 aliphatic rings. The van der Waals surface area contributed by atoms with Crippen molar-refractivity contribution in [3.8, 4) is 0 Å². The third-order valence-corrected chi connectivity index (χ3v) is 4.52. The Morgan fingerprint density at radius 1 is 1.19 bits per heavy atom. The van der Waals surface area contributed by atoms with Crippen LogP contribution in [0.4, 0.5) is 8.78 Å². The van der Waals surface area contributed by atoms with Gasteiger partial charge in [0.15, 0.2) is 11.6 Å². The summed E-state index contributed by atoms with van der Waals surface area (Å²) in [5, 5.41) is 3.75. The molecule has 0 aliphatic heterocycles. The first-order chi connectivity index (χ1) is 9.95. The van der Waals surface area contributed by atoms with E-state index >= 15 is 0 Å². The molecule has 112 valence electrons. The molecule has 0 saturated carbocycles. The highest BCUT2D eigenvalue weighted by Gasteiger charge is 2.21. The van der Waals surface area contributed by atoms with Crippen LogP contribution < -0.4 is 5.32 Å². The summed E-state index contributed by atoms with van der Waals surface area (Å²) in [7, 11) is 0. The third kappa shape index (κ3) is 3.44. The monoisotopic (exact) mass is 373 g/mol. The molecule has 0 fully saturated rings. The van der Waals surface area contributed by atoms with Gasteiger partial charge in [-0.2, -0.15) is 0 Å². The van der Waals surface area contributed by atoms with Crippen LogP contribution in [0.1, 0.15) is 29.7 Å². The Morgan fingerprint density at radius 2 is 1.90 bits per heavy atom. The quantitative estimate of drug-likeness (QED) is 0.757. The van der Waals surface area contributed by atoms with Gasteiger partial charge >= 0.3 is 0 Å². The average Bonchev–Trinajstić information content (AvgIpc) is 2.46. The minimum atomic E-state index is -0.813. The molecule has 0 spiro atoms. The van der Waals surface area contributed by atoms with Crippen LogP contribution in [-0.4, -0.2) is 6.54 Å². The normalized spacial score (nSPS) is 12.5. The highest BCUT2D eigenvalue weighted by atomic mass is 79.9. The molecule has 5 heteroatoms. The number of hydrogen-bond donors (Lipinski definition) is 1. The summed E-state index contributed by atoms with van der Waals surface area (Å²) in [5.74, 6) is -1.62. The summed E-state index contributed by atoms with van der Waals surface area (Å²) in [6.45, 7) is 4.09. The molecule has 2 aromatic rings. The summed E-state index contributed by atoms with van der Waals surface area (Å²) >= 11 is 9.34. The second-order valence-electron chi connectivity index (χ2n) is 4.76. The van der Waals surface area contributed by atoms with Gasteiger partial charge in [0.25, 0.3) is 0 Å². The van der Waals surface area contributed by atoms with Crippen LogP contribution in [0.2, 0.25) is 5.02 Å². The van der Waals surface area contributed by atoms with Crippen molar-refractivity contribution in [2.45, 2.75) is 19.9 Å². The molecule has 1 nitrogen and oxygen atoms in total. The highest BCUT2D eigenvalue weighted by Crippen LogP contribution is 2.31. The summed E-state index contributed by atoms with van der Waals surface area (Å²) < 4.78 is 28.8. The van der Waals surface area contributed by atoms with E-state index in [-0.39, 0.29) is 5.56 Å². The number of benzene rings is 2. The van der Waals surface area contributed by atoms with Crippen LogP contribution in [0.25, 0.3) is 0 Å². The fraction of sp³-hybridized carbons (Fsp3) is 0.250. The summed E-state index contributed by atoms with van der Waals surface area (Å²) in [4.78, 5) is 0. The van der Waals surface area contributed by atoms with Crippen molar-refractivity contribution in [1.82, 2.24) is 5.32 Å². The first-order valence-electron chi connectivity index (χ1n) is 6.58. The van der Waals surface area contributed by atoms with E-state index in [1.54, 1.807) is 31.2 Å². The summed E-state index contributed by atoms with van der Waals surface area (Å²) in [6, 6.07) is 8.11. The Kier molecular flexibility index (Phi) is 5.36. The van der Waals surface area contributed by atoms with Gasteiger partial charge in [-0.3, -0.25) is 0 Å². The molecule has 0 aliphatic carbocycles. The second kappa shape index (κ2) is 6.86. The van der Waals surface area contributed by atoms with E-state index in [0.29, 0.717) is 17.1 Å². The molecule has 1 atom stereocenters. The minimum absolute atomic E-state index is 0.286. The van der Waals surface area contributed by atoms with Gasteiger partial charge in [0.2, 0.25) is 0 Å². The van der Waals surface area contributed by atoms with Crippen molar-refractivity contribution in [3.05, 3.63) is 68.2 Å². The van der Waals surface area contributed by atoms with Gasteiger partial charge < -0.3 is 5.32 Å². The van der Waals surface area contributed by atoms with E-state index in [1.165, 1.54) is 0 Å². The Morgan fingerprint density at radius 3 is 2.52 bits per heavy atom. The molecule has 0 radical (unpaired) electrons. The number of hydrogen-bond acceptors (Lipinski definition) is 1. The van der Waals surface area contributed by atoms with E-state index in [4.69, 9.17) is 11.6 Å². The van der Waals surface area contributed by atoms with E-state index in [2.05, 4.69) is 21.2 Å². The van der Waals surface area contributed by atoms with Crippen molar-refractivity contribution in [1.29, 1.82) is 0 Å². The highest BCUT2D eigenvalue weighted by molar-refractivity contribution is 9.10. The van der Waals surface area contributed by atoms with Gasteiger partial charge in [-0.25, -0.2) is 8.78 Å². The molecule has 0 saturated heterocycles. The van der Waals surface area contributed by atoms with Crippen molar-refractivity contribution in [2.24, 2.45) is 0 Å². The first-order valence-corrected chi connectivity index (χ1v) is 7.75. The van der Waals surface area contributed by atoms with Crippen LogP contribution in [-0.2, 0) is 0 Å². The van der Waals surface area contributed by atoms with Crippen molar-refractivity contribution < 1.29 is 8.78 Å². The maximum atomic E-state index is 14.2. The zero-order valence-electron chi connectivity index (χ0n) is 11.7. The molecule has 0 amide bonds. The summed E-state index contributed by atoms with van der Waals surface area (Å²) in [5.41, 5.74) is 1.40. The van der Waals surface area contributed by atoms with Gasteiger partial charge in [-0.15, -0.1) is 0 Å². The predicted octanol–water partition coefficient (Wildman–Crippen LogP) is 5.39. The molecule has 2 rings (SSSR count). The maximum absolute atomic E-state index is 14.2. The Hall–Kier alpha value is -0.970. The zero-order valence-corrected chi connectivity index (χ0v) is 14.0. The fourth-order valence-electron chi connectivity index (χ4n) is 2.19. The lowest BCUT2D eigenvalue weighted by atomic mass is 9.97. The number of halogens is 4. The number of aryl methyl sites for hydroxylation is 1. The molecular formula is C16H15BrClF2N. The SMILES string of the molecule is CCNC(c1ccc(Cl)c(Br)c1)c1ccc(C)c(F)c1F. The van der Waals surface area contributed by atoms with Crippen LogP contribution >= 0.6 is 27.5 Å². The van der Waals surface area contributed by atoms with Crippen LogP contribution in [0, 0.1) is 18.6 Å². The van der Waals surface area contributed by atoms with Gasteiger partial charge in [-0.05, 0) is 52.7 Å². The minimum Gasteiger partial charge on any atom is -0.306 e. The predicted molar refractivity (Wildman–Crippen MR) is 85.8 cm³/mol. The van der Waals surface area contributed by atoms with E-state index in [1.807, 2.05) is 13.0 Å². The lowest BCUT2D eigenvalue weighted by Crippen LogP contribution is -2.23. The maximum Gasteiger partial charge on any atom is 0.164 e. The largest absolute Gasteiger partial charge is 0.306 e. The Labute approximate surface area is 136 Å². The zero-order chi connectivity index (χ0) is 15.6. The van der Waals surface area contributed by atoms with E-state index in [9.17, 15) is 8.78 Å². The van der Waals surface area contributed by atoms with Crippen LogP contribution in [0.5, 0.6) is 0 Å². The van der Waals surface area contributed by atoms with E-state index in [0.717, 1.165) is 10.0 Å². The van der Waals surface area contributed by atoms with Crippen molar-refractivity contribution in [3.63, 3.8) is 0 Å². The number of nitrogens with one attached hydrogen (secondary N) is 1. The van der Waals surface area contributed by atoms with Gasteiger partial charge in [0.05, 0.1) is 11.1 Å². The average molecular weight is 375 g/mol. The molecule has 2 aromatic carbocycles. The lowest BCUT2D eigenvalue weighted by molar-refractivity contribution is 0.478. The molecule has 1 unspecified atom stereocenters. The molecule has 0 bridgehead atoms. The van der Waals surface area contributed by atoms with Crippen LogP contribution in [0.15, 0.2) is 34.8 Å². The standard InChI is InChI=1S/C16H15BrClF2N/c1-3-21-16(10-5-7-13(18)12(17)8-10)11-6-4-9(2)14(19)15(11)20/h4-8,16,21H,3H2,1-2H3. The Balaban J connectivity index is 2.53. The van der Waals surface area contributed by atoms with Gasteiger partial charge in [-0.1, -0.05) is 36.7 Å². The first kappa shape index (κ1) is 16.4. The van der Waals surface area contributed by atoms with Crippen LogP contribution in [0.3, 0.4) is 0 Å². The lowest BCUT2D eigenvalue weighted by Gasteiger charge is -2.20. The van der Waals surface area contributed by atoms with Gasteiger partial charge in [0.1, 0.15) is 0 Å². The van der Waals surface area contributed by atoms with Gasteiger partial charge in [0, 0.05) is 10.0 Å². The topological polar surface area (TPSA) is 12.0 Å². The smallest absolute Gasteiger partial charge is 0.164 e. The van der Waals surface area contributed by atoms with E-state index < -0.39 is 17.7 Å². The molecular weight excluding hydrogens is 360 g/mol. The number of rotatable bonds is 4. The van der Waals surface area contributed by atoms with Crippen molar-refractivity contribution in [2.75, 3.05) is 6.54 Å². The van der Waals surface area contributed by atoms with Crippen molar-refractivity contribution >= 4 is 27.5 Å². The second-order valence-corrected chi connectivity index (χ2v) is 6.03. The fourth-order valence-corrected chi connectivity index (χ4v) is 2.70. The summed E-state index contributed by atoms with van der Waals surface area (Å²) in [6.07, 6.45) is 0. The molecule has 0 heterocycles. The molecule has 21 heavy (non-hydrogen) atoms. The third-order valence-electron chi connectivity index (χ3n) is 3.30. The molecule has 0 aromatic heterocycles. The Bertz CT molecular complexity index is 661. The molecule has 1 N–H and O–H groups in total.